The smallest absolute Gasteiger partial charge is 0.326 e. The molecule has 2 unspecified atom stereocenters. The van der Waals surface area contributed by atoms with Gasteiger partial charge < -0.3 is 15.3 Å². The summed E-state index contributed by atoms with van der Waals surface area (Å²) in [6.45, 7) is 7.16. The minimum absolute atomic E-state index is 0.241. The van der Waals surface area contributed by atoms with Gasteiger partial charge in [0, 0.05) is 19.1 Å². The molecule has 0 spiro atoms. The van der Waals surface area contributed by atoms with Crippen LogP contribution in [-0.2, 0) is 4.79 Å². The molecule has 0 saturated carbocycles. The Hall–Kier alpha value is -1.56. The Morgan fingerprint density at radius 3 is 2.65 bits per heavy atom. The van der Waals surface area contributed by atoms with Gasteiger partial charge in [-0.15, -0.1) is 6.58 Å². The van der Waals surface area contributed by atoms with Crippen LogP contribution >= 0.6 is 0 Å². The van der Waals surface area contributed by atoms with Crippen molar-refractivity contribution >= 4 is 12.0 Å². The van der Waals surface area contributed by atoms with Crippen molar-refractivity contribution in [2.75, 3.05) is 26.2 Å². The number of rotatable bonds is 5. The van der Waals surface area contributed by atoms with Gasteiger partial charge >= 0.3 is 12.0 Å². The first-order valence-electron chi connectivity index (χ1n) is 7.25. The highest BCUT2D eigenvalue weighted by Gasteiger charge is 2.32. The van der Waals surface area contributed by atoms with Crippen LogP contribution in [-0.4, -0.2) is 65.2 Å². The van der Waals surface area contributed by atoms with Crippen LogP contribution in [0.2, 0.25) is 0 Å². The molecular formula is C14H23N3O3. The van der Waals surface area contributed by atoms with E-state index in [2.05, 4.69) is 16.8 Å². The van der Waals surface area contributed by atoms with Gasteiger partial charge in [-0.25, -0.2) is 9.59 Å². The van der Waals surface area contributed by atoms with Crippen LogP contribution in [0.1, 0.15) is 25.7 Å². The SMILES string of the molecule is C=CCC(NC(=O)N1CCC(N2CCCC2)C1)C(=O)O. The van der Waals surface area contributed by atoms with Crippen molar-refractivity contribution in [3.63, 3.8) is 0 Å². The molecule has 0 radical (unpaired) electrons. The zero-order chi connectivity index (χ0) is 14.5. The Balaban J connectivity index is 1.83. The van der Waals surface area contributed by atoms with Gasteiger partial charge in [0.25, 0.3) is 0 Å². The third-order valence-electron chi connectivity index (χ3n) is 4.11. The van der Waals surface area contributed by atoms with Gasteiger partial charge in [-0.1, -0.05) is 6.08 Å². The fourth-order valence-corrected chi connectivity index (χ4v) is 2.96. The lowest BCUT2D eigenvalue weighted by molar-refractivity contribution is -0.139. The number of carbonyl (C=O) groups is 2. The van der Waals surface area contributed by atoms with E-state index < -0.39 is 12.0 Å². The zero-order valence-electron chi connectivity index (χ0n) is 11.8. The van der Waals surface area contributed by atoms with E-state index in [1.54, 1.807) is 4.90 Å². The highest BCUT2D eigenvalue weighted by Crippen LogP contribution is 2.20. The van der Waals surface area contributed by atoms with Crippen molar-refractivity contribution in [2.45, 2.75) is 37.8 Å². The van der Waals surface area contributed by atoms with Gasteiger partial charge in [0.05, 0.1) is 0 Å². The summed E-state index contributed by atoms with van der Waals surface area (Å²) in [5.74, 6) is -1.02. The molecule has 0 bridgehead atoms. The summed E-state index contributed by atoms with van der Waals surface area (Å²) in [5, 5.41) is 11.6. The van der Waals surface area contributed by atoms with E-state index in [0.29, 0.717) is 19.1 Å². The van der Waals surface area contributed by atoms with Crippen LogP contribution in [0.3, 0.4) is 0 Å². The second-order valence-corrected chi connectivity index (χ2v) is 5.50. The molecule has 2 amide bonds. The molecule has 0 aliphatic carbocycles. The number of nitrogens with one attached hydrogen (secondary N) is 1. The lowest BCUT2D eigenvalue weighted by Gasteiger charge is -2.24. The average Bonchev–Trinajstić information content (AvgIpc) is 3.08. The maximum absolute atomic E-state index is 12.1. The molecule has 2 aliphatic heterocycles. The summed E-state index contributed by atoms with van der Waals surface area (Å²) < 4.78 is 0. The van der Waals surface area contributed by atoms with E-state index in [0.717, 1.165) is 19.5 Å². The topological polar surface area (TPSA) is 72.9 Å². The molecule has 2 N–H and O–H groups in total. The Morgan fingerprint density at radius 2 is 2.05 bits per heavy atom. The second-order valence-electron chi connectivity index (χ2n) is 5.50. The first-order valence-corrected chi connectivity index (χ1v) is 7.25. The second kappa shape index (κ2) is 6.74. The number of aliphatic carboxylic acids is 1. The van der Waals surface area contributed by atoms with Gasteiger partial charge in [-0.05, 0) is 38.8 Å². The molecule has 2 atom stereocenters. The summed E-state index contributed by atoms with van der Waals surface area (Å²) in [6.07, 6.45) is 5.21. The third kappa shape index (κ3) is 3.50. The predicted molar refractivity (Wildman–Crippen MR) is 75.6 cm³/mol. The highest BCUT2D eigenvalue weighted by atomic mass is 16.4. The number of amides is 2. The van der Waals surface area contributed by atoms with Crippen molar-refractivity contribution in [3.8, 4) is 0 Å². The lowest BCUT2D eigenvalue weighted by Crippen LogP contribution is -2.48. The van der Waals surface area contributed by atoms with Crippen molar-refractivity contribution in [3.05, 3.63) is 12.7 Å². The minimum atomic E-state index is -1.02. The maximum Gasteiger partial charge on any atom is 0.326 e. The van der Waals surface area contributed by atoms with Gasteiger partial charge in [0.15, 0.2) is 0 Å². The van der Waals surface area contributed by atoms with E-state index in [4.69, 9.17) is 5.11 Å². The van der Waals surface area contributed by atoms with E-state index in [1.165, 1.54) is 18.9 Å². The number of carboxylic acid groups (broad SMARTS) is 1. The Kier molecular flexibility index (Phi) is 5.00. The number of carbonyl (C=O) groups excluding carboxylic acids is 1. The first kappa shape index (κ1) is 14.8. The molecule has 6 nitrogen and oxygen atoms in total. The molecule has 2 heterocycles. The third-order valence-corrected chi connectivity index (χ3v) is 4.11. The molecule has 0 aromatic carbocycles. The Labute approximate surface area is 119 Å². The van der Waals surface area contributed by atoms with Crippen LogP contribution in [0, 0.1) is 0 Å². The van der Waals surface area contributed by atoms with Crippen LogP contribution in [0.5, 0.6) is 0 Å². The van der Waals surface area contributed by atoms with Crippen molar-refractivity contribution in [2.24, 2.45) is 0 Å². The number of nitrogens with zero attached hydrogens (tertiary/aromatic N) is 2. The van der Waals surface area contributed by atoms with Gasteiger partial charge in [0.2, 0.25) is 0 Å². The van der Waals surface area contributed by atoms with Gasteiger partial charge in [-0.2, -0.15) is 0 Å². The number of urea groups is 1. The van der Waals surface area contributed by atoms with Crippen LogP contribution in [0.4, 0.5) is 4.79 Å². The minimum Gasteiger partial charge on any atom is -0.480 e. The van der Waals surface area contributed by atoms with E-state index in [1.807, 2.05) is 0 Å². The summed E-state index contributed by atoms with van der Waals surface area (Å²) in [5.41, 5.74) is 0. The van der Waals surface area contributed by atoms with Crippen LogP contribution in [0.25, 0.3) is 0 Å². The normalized spacial score (nSPS) is 24.6. The standard InChI is InChI=1S/C14H23N3O3/c1-2-5-12(13(18)19)15-14(20)17-9-6-11(10-17)16-7-3-4-8-16/h2,11-12H,1,3-10H2,(H,15,20)(H,18,19). The molecule has 0 aromatic rings. The molecule has 0 aromatic heterocycles. The fraction of sp³-hybridized carbons (Fsp3) is 0.714. The molecule has 20 heavy (non-hydrogen) atoms. The van der Waals surface area contributed by atoms with E-state index in [9.17, 15) is 9.59 Å². The fourth-order valence-electron chi connectivity index (χ4n) is 2.96. The van der Waals surface area contributed by atoms with Gasteiger partial charge in [0.1, 0.15) is 6.04 Å². The lowest BCUT2D eigenvalue weighted by atomic mass is 10.2. The molecule has 6 heteroatoms. The molecule has 2 saturated heterocycles. The van der Waals surface area contributed by atoms with Gasteiger partial charge in [-0.3, -0.25) is 4.90 Å². The van der Waals surface area contributed by atoms with Crippen LogP contribution in [0.15, 0.2) is 12.7 Å². The van der Waals surface area contributed by atoms with Crippen molar-refractivity contribution < 1.29 is 14.7 Å². The number of hydrogen-bond donors (Lipinski definition) is 2. The van der Waals surface area contributed by atoms with Crippen molar-refractivity contribution in [1.82, 2.24) is 15.1 Å². The first-order chi connectivity index (χ1) is 9.61. The summed E-state index contributed by atoms with van der Waals surface area (Å²) >= 11 is 0. The Bertz CT molecular complexity index is 380. The Morgan fingerprint density at radius 1 is 1.35 bits per heavy atom. The molecule has 2 aliphatic rings. The largest absolute Gasteiger partial charge is 0.480 e. The summed E-state index contributed by atoms with van der Waals surface area (Å²) in [4.78, 5) is 27.3. The number of hydrogen-bond acceptors (Lipinski definition) is 3. The van der Waals surface area contributed by atoms with Crippen molar-refractivity contribution in [1.29, 1.82) is 0 Å². The highest BCUT2D eigenvalue weighted by molar-refractivity contribution is 5.82. The number of carboxylic acids is 1. The summed E-state index contributed by atoms with van der Waals surface area (Å²) in [6, 6.07) is -0.724. The quantitative estimate of drug-likeness (QED) is 0.734. The molecular weight excluding hydrogens is 258 g/mol. The zero-order valence-corrected chi connectivity index (χ0v) is 11.8. The molecule has 2 fully saturated rings. The average molecular weight is 281 g/mol. The maximum atomic E-state index is 12.1. The van der Waals surface area contributed by atoms with E-state index in [-0.39, 0.29) is 12.5 Å². The summed E-state index contributed by atoms with van der Waals surface area (Å²) in [7, 11) is 0. The predicted octanol–water partition coefficient (Wildman–Crippen LogP) is 0.895. The monoisotopic (exact) mass is 281 g/mol. The number of likely N-dealkylation sites (tertiary alicyclic amines) is 2. The van der Waals surface area contributed by atoms with E-state index >= 15 is 0 Å². The molecule has 2 rings (SSSR count). The van der Waals surface area contributed by atoms with Crippen LogP contribution < -0.4 is 5.32 Å². The molecule has 112 valence electrons.